The Hall–Kier alpha value is -2.34. The van der Waals surface area contributed by atoms with Crippen LogP contribution in [0.25, 0.3) is 10.9 Å². The summed E-state index contributed by atoms with van der Waals surface area (Å²) < 4.78 is 13.9. The van der Waals surface area contributed by atoms with Gasteiger partial charge >= 0.3 is 0 Å². The Labute approximate surface area is 207 Å². The number of ether oxygens (including phenoxy) is 2. The summed E-state index contributed by atoms with van der Waals surface area (Å²) in [6.07, 6.45) is 6.83. The standard InChI is InChI=1S/C23H20Br2ClN3O3/c1-5-9-32-21-18(31-6-2)10-14(19(25)20(21)26)12-27-29-22(13(3)4)28-17-8-7-15(24)11-16(17)23(29)30/h1,7-8,10-13H,6,9H2,2-4H3. The molecular weight excluding hydrogens is 562 g/mol. The Kier molecular flexibility index (Phi) is 7.99. The highest BCUT2D eigenvalue weighted by atomic mass is 79.9. The van der Waals surface area contributed by atoms with Crippen molar-refractivity contribution in [1.29, 1.82) is 0 Å². The first-order valence-corrected chi connectivity index (χ1v) is 11.7. The molecule has 0 unspecified atom stereocenters. The SMILES string of the molecule is C#CCOc1c(OCC)cc(C=Nn2c(C(C)C)nc3ccc(Br)cc3c2=O)c(Br)c1Cl. The van der Waals surface area contributed by atoms with E-state index in [1.54, 1.807) is 18.2 Å². The summed E-state index contributed by atoms with van der Waals surface area (Å²) in [7, 11) is 0. The average molecular weight is 582 g/mol. The lowest BCUT2D eigenvalue weighted by molar-refractivity contribution is 0.299. The maximum atomic E-state index is 13.2. The molecule has 0 atom stereocenters. The number of terminal acetylenes is 1. The van der Waals surface area contributed by atoms with E-state index in [-0.39, 0.29) is 18.1 Å². The number of rotatable bonds is 7. The third-order valence-corrected chi connectivity index (χ3v) is 6.35. The van der Waals surface area contributed by atoms with Gasteiger partial charge < -0.3 is 9.47 Å². The molecule has 1 aromatic heterocycles. The number of aromatic nitrogens is 2. The van der Waals surface area contributed by atoms with Crippen molar-refractivity contribution in [2.24, 2.45) is 5.10 Å². The first-order chi connectivity index (χ1) is 15.3. The molecule has 166 valence electrons. The van der Waals surface area contributed by atoms with Crippen molar-refractivity contribution in [3.05, 3.63) is 60.0 Å². The Morgan fingerprint density at radius 1 is 1.31 bits per heavy atom. The molecular formula is C23H20Br2ClN3O3. The van der Waals surface area contributed by atoms with Gasteiger partial charge in [-0.15, -0.1) is 6.42 Å². The number of halogens is 3. The van der Waals surface area contributed by atoms with Gasteiger partial charge in [-0.3, -0.25) is 4.79 Å². The van der Waals surface area contributed by atoms with E-state index in [1.165, 1.54) is 10.9 Å². The fourth-order valence-corrected chi connectivity index (χ4v) is 4.00. The zero-order valence-corrected chi connectivity index (χ0v) is 21.6. The Morgan fingerprint density at radius 2 is 2.06 bits per heavy atom. The van der Waals surface area contributed by atoms with E-state index in [9.17, 15) is 4.79 Å². The summed E-state index contributed by atoms with van der Waals surface area (Å²) in [5.41, 5.74) is 0.950. The molecule has 0 saturated heterocycles. The quantitative estimate of drug-likeness (QED) is 0.254. The number of benzene rings is 2. The van der Waals surface area contributed by atoms with E-state index in [1.807, 2.05) is 26.8 Å². The van der Waals surface area contributed by atoms with Gasteiger partial charge in [0.2, 0.25) is 0 Å². The Balaban J connectivity index is 2.16. The van der Waals surface area contributed by atoms with Crippen LogP contribution in [-0.2, 0) is 0 Å². The summed E-state index contributed by atoms with van der Waals surface area (Å²) in [6.45, 7) is 6.21. The second-order valence-electron chi connectivity index (χ2n) is 6.99. The van der Waals surface area contributed by atoms with Gasteiger partial charge in [0.15, 0.2) is 11.5 Å². The summed E-state index contributed by atoms with van der Waals surface area (Å²) in [4.78, 5) is 17.9. The lowest BCUT2D eigenvalue weighted by atomic mass is 10.2. The third-order valence-electron chi connectivity index (χ3n) is 4.42. The molecule has 0 bridgehead atoms. The van der Waals surface area contributed by atoms with Crippen molar-refractivity contribution in [1.82, 2.24) is 9.66 Å². The number of hydrogen-bond donors (Lipinski definition) is 0. The van der Waals surface area contributed by atoms with Crippen LogP contribution in [0.4, 0.5) is 0 Å². The highest BCUT2D eigenvalue weighted by molar-refractivity contribution is 9.10. The second kappa shape index (κ2) is 10.5. The molecule has 0 saturated carbocycles. The molecule has 3 aromatic rings. The van der Waals surface area contributed by atoms with Crippen LogP contribution in [0.3, 0.4) is 0 Å². The van der Waals surface area contributed by atoms with Gasteiger partial charge in [-0.05, 0) is 47.1 Å². The molecule has 0 aliphatic heterocycles. The van der Waals surface area contributed by atoms with E-state index in [2.05, 4.69) is 47.9 Å². The minimum atomic E-state index is -0.266. The Bertz CT molecular complexity index is 1300. The second-order valence-corrected chi connectivity index (χ2v) is 9.08. The summed E-state index contributed by atoms with van der Waals surface area (Å²) in [5, 5.41) is 5.22. The summed E-state index contributed by atoms with van der Waals surface area (Å²) >= 11 is 13.4. The molecule has 3 rings (SSSR count). The topological polar surface area (TPSA) is 65.7 Å². The monoisotopic (exact) mass is 579 g/mol. The van der Waals surface area contributed by atoms with Gasteiger partial charge in [-0.1, -0.05) is 47.3 Å². The fraction of sp³-hybridized carbons (Fsp3) is 0.261. The number of hydrogen-bond acceptors (Lipinski definition) is 5. The zero-order chi connectivity index (χ0) is 23.4. The van der Waals surface area contributed by atoms with Crippen molar-refractivity contribution >= 4 is 60.6 Å². The minimum Gasteiger partial charge on any atom is -0.490 e. The maximum absolute atomic E-state index is 13.2. The van der Waals surface area contributed by atoms with Gasteiger partial charge in [0.1, 0.15) is 17.5 Å². The van der Waals surface area contributed by atoms with Crippen LogP contribution in [-0.4, -0.2) is 29.1 Å². The highest BCUT2D eigenvalue weighted by Crippen LogP contribution is 2.42. The van der Waals surface area contributed by atoms with E-state index in [4.69, 9.17) is 27.5 Å². The predicted octanol–water partition coefficient (Wildman–Crippen LogP) is 5.99. The van der Waals surface area contributed by atoms with Crippen LogP contribution in [0, 0.1) is 12.3 Å². The molecule has 0 aliphatic rings. The van der Waals surface area contributed by atoms with Gasteiger partial charge in [-0.2, -0.15) is 9.78 Å². The summed E-state index contributed by atoms with van der Waals surface area (Å²) in [6, 6.07) is 7.11. The Morgan fingerprint density at radius 3 is 2.72 bits per heavy atom. The minimum absolute atomic E-state index is 0.0292. The number of nitrogens with zero attached hydrogens (tertiary/aromatic N) is 3. The van der Waals surface area contributed by atoms with Crippen molar-refractivity contribution in [2.75, 3.05) is 13.2 Å². The van der Waals surface area contributed by atoms with E-state index in [0.717, 1.165) is 4.47 Å². The van der Waals surface area contributed by atoms with E-state index >= 15 is 0 Å². The highest BCUT2D eigenvalue weighted by Gasteiger charge is 2.18. The number of fused-ring (bicyclic) bond motifs is 1. The third kappa shape index (κ3) is 5.01. The smallest absolute Gasteiger partial charge is 0.282 e. The lowest BCUT2D eigenvalue weighted by Crippen LogP contribution is -2.23. The molecule has 0 amide bonds. The van der Waals surface area contributed by atoms with Crippen LogP contribution in [0.1, 0.15) is 38.1 Å². The molecule has 32 heavy (non-hydrogen) atoms. The van der Waals surface area contributed by atoms with E-state index in [0.29, 0.717) is 49.9 Å². The molecule has 0 N–H and O–H groups in total. The molecule has 2 aromatic carbocycles. The molecule has 0 aliphatic carbocycles. The molecule has 0 fully saturated rings. The molecule has 0 spiro atoms. The largest absolute Gasteiger partial charge is 0.490 e. The molecule has 0 radical (unpaired) electrons. The molecule has 6 nitrogen and oxygen atoms in total. The normalized spacial score (nSPS) is 11.3. The van der Waals surface area contributed by atoms with Crippen LogP contribution in [0.5, 0.6) is 11.5 Å². The van der Waals surface area contributed by atoms with Gasteiger partial charge in [0.25, 0.3) is 5.56 Å². The summed E-state index contributed by atoms with van der Waals surface area (Å²) in [5.74, 6) is 3.69. The van der Waals surface area contributed by atoms with Crippen molar-refractivity contribution in [3.8, 4) is 23.8 Å². The van der Waals surface area contributed by atoms with Crippen molar-refractivity contribution < 1.29 is 9.47 Å². The van der Waals surface area contributed by atoms with Gasteiger partial charge in [0.05, 0.1) is 23.7 Å². The van der Waals surface area contributed by atoms with Crippen LogP contribution in [0.2, 0.25) is 5.02 Å². The lowest BCUT2D eigenvalue weighted by Gasteiger charge is -2.15. The molecule has 1 heterocycles. The maximum Gasteiger partial charge on any atom is 0.282 e. The fourth-order valence-electron chi connectivity index (χ4n) is 2.98. The van der Waals surface area contributed by atoms with Crippen LogP contribution >= 0.6 is 43.5 Å². The van der Waals surface area contributed by atoms with Gasteiger partial charge in [-0.25, -0.2) is 4.98 Å². The zero-order valence-electron chi connectivity index (χ0n) is 17.7. The average Bonchev–Trinajstić information content (AvgIpc) is 2.76. The predicted molar refractivity (Wildman–Crippen MR) is 135 cm³/mol. The van der Waals surface area contributed by atoms with Crippen LogP contribution < -0.4 is 15.0 Å². The van der Waals surface area contributed by atoms with Crippen molar-refractivity contribution in [3.63, 3.8) is 0 Å². The first-order valence-electron chi connectivity index (χ1n) is 9.76. The van der Waals surface area contributed by atoms with E-state index < -0.39 is 0 Å². The molecule has 9 heteroatoms. The first kappa shape index (κ1) is 24.3. The van der Waals surface area contributed by atoms with Crippen LogP contribution in [0.15, 0.2) is 43.1 Å². The van der Waals surface area contributed by atoms with Gasteiger partial charge in [0, 0.05) is 20.4 Å². The van der Waals surface area contributed by atoms with Crippen molar-refractivity contribution in [2.45, 2.75) is 26.7 Å².